The highest BCUT2D eigenvalue weighted by atomic mass is 16.5. The van der Waals surface area contributed by atoms with Gasteiger partial charge in [0.1, 0.15) is 0 Å². The van der Waals surface area contributed by atoms with E-state index in [9.17, 15) is 4.79 Å². The molecule has 3 N–H and O–H groups in total. The Labute approximate surface area is 92.6 Å². The largest absolute Gasteiger partial charge is 0.382 e. The van der Waals surface area contributed by atoms with Crippen LogP contribution in [0.15, 0.2) is 0 Å². The van der Waals surface area contributed by atoms with E-state index in [1.165, 1.54) is 0 Å². The molecule has 4 nitrogen and oxygen atoms in total. The van der Waals surface area contributed by atoms with Crippen LogP contribution in [-0.2, 0) is 9.53 Å². The first-order chi connectivity index (χ1) is 6.79. The van der Waals surface area contributed by atoms with Crippen molar-refractivity contribution in [2.75, 3.05) is 7.11 Å². The number of amides is 1. The molecule has 0 aliphatic carbocycles. The molecule has 2 atom stereocenters. The molecule has 0 aliphatic rings. The third kappa shape index (κ3) is 5.74. The fourth-order valence-corrected chi connectivity index (χ4v) is 0.988. The lowest BCUT2D eigenvalue weighted by atomic mass is 9.96. The molecule has 15 heavy (non-hydrogen) atoms. The number of nitrogens with one attached hydrogen (secondary N) is 1. The Balaban J connectivity index is 3.94. The van der Waals surface area contributed by atoms with Crippen LogP contribution < -0.4 is 11.1 Å². The number of nitrogens with two attached hydrogens (primary N) is 1. The highest BCUT2D eigenvalue weighted by molar-refractivity contribution is 5.76. The zero-order chi connectivity index (χ0) is 12.1. The smallest absolute Gasteiger partial charge is 0.220 e. The molecule has 0 radical (unpaired) electrons. The van der Waals surface area contributed by atoms with E-state index < -0.39 is 0 Å². The summed E-state index contributed by atoms with van der Waals surface area (Å²) in [7, 11) is 1.65. The zero-order valence-electron chi connectivity index (χ0n) is 10.5. The van der Waals surface area contributed by atoms with Crippen molar-refractivity contribution in [3.63, 3.8) is 0 Å². The van der Waals surface area contributed by atoms with Gasteiger partial charge in [0.2, 0.25) is 5.91 Å². The van der Waals surface area contributed by atoms with Gasteiger partial charge in [-0.1, -0.05) is 0 Å². The molecule has 0 heterocycles. The predicted molar refractivity (Wildman–Crippen MR) is 61.6 cm³/mol. The van der Waals surface area contributed by atoms with Crippen molar-refractivity contribution in [2.24, 2.45) is 5.73 Å². The summed E-state index contributed by atoms with van der Waals surface area (Å²) in [4.78, 5) is 11.6. The van der Waals surface area contributed by atoms with E-state index in [4.69, 9.17) is 10.5 Å². The van der Waals surface area contributed by atoms with Gasteiger partial charge >= 0.3 is 0 Å². The summed E-state index contributed by atoms with van der Waals surface area (Å²) in [6, 6.07) is -0.0682. The molecule has 0 saturated heterocycles. The number of carbonyl (C=O) groups is 1. The van der Waals surface area contributed by atoms with Gasteiger partial charge in [0.05, 0.1) is 6.10 Å². The summed E-state index contributed by atoms with van der Waals surface area (Å²) in [6.45, 7) is 7.69. The van der Waals surface area contributed by atoms with E-state index >= 15 is 0 Å². The van der Waals surface area contributed by atoms with Gasteiger partial charge < -0.3 is 15.8 Å². The van der Waals surface area contributed by atoms with Crippen LogP contribution in [0.5, 0.6) is 0 Å². The molecule has 0 bridgehead atoms. The molecular formula is C11H24N2O2. The van der Waals surface area contributed by atoms with Gasteiger partial charge in [-0.2, -0.15) is 0 Å². The summed E-state index contributed by atoms with van der Waals surface area (Å²) in [5.41, 5.74) is 5.41. The van der Waals surface area contributed by atoms with Crippen LogP contribution in [0.1, 0.15) is 40.5 Å². The SMILES string of the molecule is COC(C)CCC(=O)NC(C)(C)C(C)N. The predicted octanol–water partition coefficient (Wildman–Crippen LogP) is 1.04. The van der Waals surface area contributed by atoms with Gasteiger partial charge in [-0.15, -0.1) is 0 Å². The topological polar surface area (TPSA) is 64.3 Å². The van der Waals surface area contributed by atoms with Crippen LogP contribution in [0.2, 0.25) is 0 Å². The van der Waals surface area contributed by atoms with E-state index in [0.29, 0.717) is 6.42 Å². The van der Waals surface area contributed by atoms with Crippen molar-refractivity contribution < 1.29 is 9.53 Å². The second kappa shape index (κ2) is 6.08. The van der Waals surface area contributed by atoms with Crippen LogP contribution in [-0.4, -0.2) is 30.7 Å². The van der Waals surface area contributed by atoms with E-state index in [1.807, 2.05) is 27.7 Å². The molecule has 0 fully saturated rings. The molecule has 0 spiro atoms. The Kier molecular flexibility index (Phi) is 5.83. The fourth-order valence-electron chi connectivity index (χ4n) is 0.988. The minimum atomic E-state index is -0.354. The minimum Gasteiger partial charge on any atom is -0.382 e. The average Bonchev–Trinajstić information content (AvgIpc) is 2.13. The number of methoxy groups -OCH3 is 1. The molecular weight excluding hydrogens is 192 g/mol. The van der Waals surface area contributed by atoms with E-state index in [-0.39, 0.29) is 23.6 Å². The number of carbonyl (C=O) groups excluding carboxylic acids is 1. The van der Waals surface area contributed by atoms with Crippen molar-refractivity contribution >= 4 is 5.91 Å². The Hall–Kier alpha value is -0.610. The van der Waals surface area contributed by atoms with Gasteiger partial charge in [0.25, 0.3) is 0 Å². The van der Waals surface area contributed by atoms with Gasteiger partial charge in [0.15, 0.2) is 0 Å². The van der Waals surface area contributed by atoms with Crippen LogP contribution >= 0.6 is 0 Å². The van der Waals surface area contributed by atoms with Gasteiger partial charge in [-0.3, -0.25) is 4.79 Å². The maximum atomic E-state index is 11.6. The number of rotatable bonds is 6. The molecule has 0 aromatic rings. The Morgan fingerprint density at radius 1 is 1.47 bits per heavy atom. The van der Waals surface area contributed by atoms with Crippen LogP contribution in [0.25, 0.3) is 0 Å². The normalized spacial score (nSPS) is 15.9. The molecule has 0 aromatic carbocycles. The van der Waals surface area contributed by atoms with Gasteiger partial charge in [-0.05, 0) is 34.1 Å². The molecule has 2 unspecified atom stereocenters. The quantitative estimate of drug-likeness (QED) is 0.697. The lowest BCUT2D eigenvalue weighted by molar-refractivity contribution is -0.123. The highest BCUT2D eigenvalue weighted by Gasteiger charge is 2.24. The summed E-state index contributed by atoms with van der Waals surface area (Å²) in [5, 5.41) is 2.92. The van der Waals surface area contributed by atoms with Crippen molar-refractivity contribution in [1.29, 1.82) is 0 Å². The Morgan fingerprint density at radius 2 is 2.00 bits per heavy atom. The monoisotopic (exact) mass is 216 g/mol. The maximum absolute atomic E-state index is 11.6. The Morgan fingerprint density at radius 3 is 2.40 bits per heavy atom. The van der Waals surface area contributed by atoms with Crippen LogP contribution in [0, 0.1) is 0 Å². The lowest BCUT2D eigenvalue weighted by Crippen LogP contribution is -2.54. The van der Waals surface area contributed by atoms with Crippen molar-refractivity contribution in [3.05, 3.63) is 0 Å². The average molecular weight is 216 g/mol. The van der Waals surface area contributed by atoms with E-state index in [0.717, 1.165) is 6.42 Å². The molecule has 0 aliphatic heterocycles. The molecule has 0 aromatic heterocycles. The summed E-state index contributed by atoms with van der Waals surface area (Å²) >= 11 is 0. The summed E-state index contributed by atoms with van der Waals surface area (Å²) in [5.74, 6) is 0.0289. The number of hydrogen-bond donors (Lipinski definition) is 2. The summed E-state index contributed by atoms with van der Waals surface area (Å²) in [6.07, 6.45) is 1.33. The maximum Gasteiger partial charge on any atom is 0.220 e. The molecule has 1 amide bonds. The van der Waals surface area contributed by atoms with E-state index in [1.54, 1.807) is 7.11 Å². The number of ether oxygens (including phenoxy) is 1. The van der Waals surface area contributed by atoms with Crippen LogP contribution in [0.3, 0.4) is 0 Å². The third-order valence-corrected chi connectivity index (χ3v) is 2.78. The second-order valence-corrected chi connectivity index (χ2v) is 4.64. The minimum absolute atomic E-state index is 0.0289. The zero-order valence-corrected chi connectivity index (χ0v) is 10.5. The first-order valence-corrected chi connectivity index (χ1v) is 5.39. The molecule has 0 saturated carbocycles. The first kappa shape index (κ1) is 14.4. The Bertz CT molecular complexity index is 203. The fraction of sp³-hybridized carbons (Fsp3) is 0.909. The van der Waals surface area contributed by atoms with Crippen molar-refractivity contribution in [2.45, 2.75) is 58.2 Å². The summed E-state index contributed by atoms with van der Waals surface area (Å²) < 4.78 is 5.07. The highest BCUT2D eigenvalue weighted by Crippen LogP contribution is 2.08. The lowest BCUT2D eigenvalue weighted by Gasteiger charge is -2.30. The van der Waals surface area contributed by atoms with Gasteiger partial charge in [0, 0.05) is 25.1 Å². The third-order valence-electron chi connectivity index (χ3n) is 2.78. The van der Waals surface area contributed by atoms with Gasteiger partial charge in [-0.25, -0.2) is 0 Å². The molecule has 4 heteroatoms. The van der Waals surface area contributed by atoms with Crippen molar-refractivity contribution in [3.8, 4) is 0 Å². The standard InChI is InChI=1S/C11H24N2O2/c1-8(15-5)6-7-10(14)13-11(3,4)9(2)12/h8-9H,6-7,12H2,1-5H3,(H,13,14). The molecule has 90 valence electrons. The van der Waals surface area contributed by atoms with Crippen molar-refractivity contribution in [1.82, 2.24) is 5.32 Å². The number of hydrogen-bond acceptors (Lipinski definition) is 3. The van der Waals surface area contributed by atoms with Crippen LogP contribution in [0.4, 0.5) is 0 Å². The molecule has 0 rings (SSSR count). The second-order valence-electron chi connectivity index (χ2n) is 4.64. The first-order valence-electron chi connectivity index (χ1n) is 5.39. The van der Waals surface area contributed by atoms with E-state index in [2.05, 4.69) is 5.32 Å².